The Morgan fingerprint density at radius 2 is 1.46 bits per heavy atom. The maximum atomic E-state index is 10.4. The summed E-state index contributed by atoms with van der Waals surface area (Å²) in [5, 5.41) is 22.9. The van der Waals surface area contributed by atoms with Gasteiger partial charge in [-0.25, -0.2) is 0 Å². The van der Waals surface area contributed by atoms with Crippen molar-refractivity contribution in [2.45, 2.75) is 57.8 Å². The van der Waals surface area contributed by atoms with Gasteiger partial charge in [0, 0.05) is 6.42 Å². The lowest BCUT2D eigenvalue weighted by Crippen LogP contribution is -3.00. The minimum Gasteiger partial charge on any atom is -1.00 e. The standard InChI is InChI=1S/C22H31NO2.ClH/c1-16(21(25)18-8-6-5-7-9-18)23-15-14-20(24)17-10-12-19(13-11-17)22(2,3)4;/h5-13,16,20-21,23-25H,14-15H2,1-4H3;1H. The third-order valence-corrected chi connectivity index (χ3v) is 4.78. The van der Waals surface area contributed by atoms with Crippen LogP contribution in [0.25, 0.3) is 0 Å². The predicted octanol–water partition coefficient (Wildman–Crippen LogP) is 0.0971. The summed E-state index contributed by atoms with van der Waals surface area (Å²) >= 11 is 0. The van der Waals surface area contributed by atoms with Gasteiger partial charge in [-0.15, -0.1) is 0 Å². The Balaban J connectivity index is 0.00000338. The third-order valence-electron chi connectivity index (χ3n) is 4.78. The van der Waals surface area contributed by atoms with E-state index in [9.17, 15) is 10.2 Å². The number of nitrogens with two attached hydrogens (primary N) is 1. The quantitative estimate of drug-likeness (QED) is 0.641. The number of aliphatic hydroxyl groups excluding tert-OH is 2. The predicted molar refractivity (Wildman–Crippen MR) is 102 cm³/mol. The van der Waals surface area contributed by atoms with Crippen LogP contribution < -0.4 is 17.7 Å². The molecule has 2 aromatic rings. The SMILES string of the molecule is CC([NH2+]CCC(O)c1ccc(C(C)(C)C)cc1)C(O)c1ccccc1.[Cl-]. The van der Waals surface area contributed by atoms with E-state index in [0.717, 1.165) is 17.7 Å². The van der Waals surface area contributed by atoms with E-state index in [1.807, 2.05) is 49.4 Å². The van der Waals surface area contributed by atoms with Gasteiger partial charge in [0.05, 0.1) is 12.6 Å². The zero-order chi connectivity index (χ0) is 18.4. The van der Waals surface area contributed by atoms with Gasteiger partial charge in [-0.1, -0.05) is 75.4 Å². The van der Waals surface area contributed by atoms with E-state index in [4.69, 9.17) is 0 Å². The van der Waals surface area contributed by atoms with Crippen molar-refractivity contribution >= 4 is 0 Å². The first-order valence-electron chi connectivity index (χ1n) is 9.14. The fourth-order valence-corrected chi connectivity index (χ4v) is 2.97. The molecule has 0 radical (unpaired) electrons. The lowest BCUT2D eigenvalue weighted by Gasteiger charge is -2.20. The average molecular weight is 378 g/mol. The van der Waals surface area contributed by atoms with Gasteiger partial charge in [0.25, 0.3) is 0 Å². The zero-order valence-corrected chi connectivity index (χ0v) is 16.9. The highest BCUT2D eigenvalue weighted by Crippen LogP contribution is 2.24. The number of benzene rings is 2. The summed E-state index contributed by atoms with van der Waals surface area (Å²) < 4.78 is 0. The molecule has 144 valence electrons. The topological polar surface area (TPSA) is 57.1 Å². The molecule has 0 aliphatic carbocycles. The van der Waals surface area contributed by atoms with Gasteiger partial charge >= 0.3 is 0 Å². The highest BCUT2D eigenvalue weighted by molar-refractivity contribution is 5.28. The summed E-state index contributed by atoms with van der Waals surface area (Å²) in [7, 11) is 0. The van der Waals surface area contributed by atoms with Crippen molar-refractivity contribution in [1.82, 2.24) is 0 Å². The van der Waals surface area contributed by atoms with Crippen molar-refractivity contribution in [2.24, 2.45) is 0 Å². The van der Waals surface area contributed by atoms with Crippen molar-refractivity contribution in [2.75, 3.05) is 6.54 Å². The smallest absolute Gasteiger partial charge is 0.130 e. The zero-order valence-electron chi connectivity index (χ0n) is 16.2. The van der Waals surface area contributed by atoms with Crippen LogP contribution in [0.2, 0.25) is 0 Å². The van der Waals surface area contributed by atoms with Crippen molar-refractivity contribution < 1.29 is 27.9 Å². The van der Waals surface area contributed by atoms with Crippen molar-refractivity contribution in [3.8, 4) is 0 Å². The highest BCUT2D eigenvalue weighted by atomic mass is 35.5. The van der Waals surface area contributed by atoms with Crippen molar-refractivity contribution in [3.63, 3.8) is 0 Å². The minimum absolute atomic E-state index is 0. The maximum Gasteiger partial charge on any atom is 0.130 e. The highest BCUT2D eigenvalue weighted by Gasteiger charge is 2.20. The lowest BCUT2D eigenvalue weighted by molar-refractivity contribution is -0.695. The summed E-state index contributed by atoms with van der Waals surface area (Å²) in [6.07, 6.45) is -0.295. The molecule has 3 atom stereocenters. The molecule has 2 rings (SSSR count). The lowest BCUT2D eigenvalue weighted by atomic mass is 9.86. The molecule has 0 bridgehead atoms. The Kier molecular flexibility index (Phi) is 8.78. The van der Waals surface area contributed by atoms with E-state index < -0.39 is 12.2 Å². The molecule has 0 fully saturated rings. The van der Waals surface area contributed by atoms with Gasteiger partial charge in [-0.3, -0.25) is 0 Å². The van der Waals surface area contributed by atoms with Crippen LogP contribution in [0.1, 0.15) is 63.0 Å². The second-order valence-electron chi connectivity index (χ2n) is 7.92. The van der Waals surface area contributed by atoms with Gasteiger partial charge < -0.3 is 27.9 Å². The molecule has 0 spiro atoms. The van der Waals surface area contributed by atoms with E-state index in [-0.39, 0.29) is 23.9 Å². The van der Waals surface area contributed by atoms with E-state index in [0.29, 0.717) is 6.42 Å². The molecule has 0 amide bonds. The number of hydrogen-bond donors (Lipinski definition) is 3. The molecule has 0 heterocycles. The number of halogens is 1. The van der Waals surface area contributed by atoms with Gasteiger partial charge in [0.1, 0.15) is 12.1 Å². The normalized spacial score (nSPS) is 15.0. The first kappa shape index (κ1) is 22.7. The Labute approximate surface area is 163 Å². The van der Waals surface area contributed by atoms with Crippen molar-refractivity contribution in [1.29, 1.82) is 0 Å². The summed E-state index contributed by atoms with van der Waals surface area (Å²) in [6.45, 7) is 9.35. The number of rotatable bonds is 7. The van der Waals surface area contributed by atoms with Crippen LogP contribution in [-0.2, 0) is 5.41 Å². The van der Waals surface area contributed by atoms with Crippen LogP contribution in [0, 0.1) is 0 Å². The van der Waals surface area contributed by atoms with Gasteiger partial charge in [-0.2, -0.15) is 0 Å². The fourth-order valence-electron chi connectivity index (χ4n) is 2.97. The first-order valence-corrected chi connectivity index (χ1v) is 9.14. The number of aliphatic hydroxyl groups is 2. The minimum atomic E-state index is -0.496. The van der Waals surface area contributed by atoms with Crippen LogP contribution in [-0.4, -0.2) is 22.8 Å². The van der Waals surface area contributed by atoms with E-state index in [2.05, 4.69) is 38.2 Å². The molecule has 0 aromatic heterocycles. The fraction of sp³-hybridized carbons (Fsp3) is 0.455. The molecule has 0 saturated carbocycles. The second kappa shape index (κ2) is 10.1. The van der Waals surface area contributed by atoms with E-state index in [1.165, 1.54) is 5.56 Å². The second-order valence-corrected chi connectivity index (χ2v) is 7.92. The largest absolute Gasteiger partial charge is 1.00 e. The van der Waals surface area contributed by atoms with Crippen LogP contribution in [0.15, 0.2) is 54.6 Å². The van der Waals surface area contributed by atoms with Gasteiger partial charge in [0.2, 0.25) is 0 Å². The molecule has 4 N–H and O–H groups in total. The van der Waals surface area contributed by atoms with Gasteiger partial charge in [0.15, 0.2) is 0 Å². The third kappa shape index (κ3) is 6.40. The summed E-state index contributed by atoms with van der Waals surface area (Å²) in [6, 6.07) is 18.0. The van der Waals surface area contributed by atoms with E-state index in [1.54, 1.807) is 0 Å². The van der Waals surface area contributed by atoms with Crippen molar-refractivity contribution in [3.05, 3.63) is 71.3 Å². The van der Waals surface area contributed by atoms with Crippen LogP contribution in [0.3, 0.4) is 0 Å². The molecule has 26 heavy (non-hydrogen) atoms. The molecular formula is C22H32ClNO2. The van der Waals surface area contributed by atoms with E-state index >= 15 is 0 Å². The summed E-state index contributed by atoms with van der Waals surface area (Å²) in [4.78, 5) is 0. The monoisotopic (exact) mass is 377 g/mol. The molecule has 4 heteroatoms. The molecule has 0 aliphatic rings. The summed E-state index contributed by atoms with van der Waals surface area (Å²) in [5.74, 6) is 0. The molecule has 3 nitrogen and oxygen atoms in total. The first-order chi connectivity index (χ1) is 11.8. The maximum absolute atomic E-state index is 10.4. The van der Waals surface area contributed by atoms with Crippen LogP contribution >= 0.6 is 0 Å². The molecule has 3 unspecified atom stereocenters. The molecule has 0 aliphatic heterocycles. The molecule has 0 saturated heterocycles. The Morgan fingerprint density at radius 3 is 2.00 bits per heavy atom. The number of quaternary nitrogens is 1. The van der Waals surface area contributed by atoms with Crippen LogP contribution in [0.4, 0.5) is 0 Å². The average Bonchev–Trinajstić information content (AvgIpc) is 2.61. The van der Waals surface area contributed by atoms with Crippen LogP contribution in [0.5, 0.6) is 0 Å². The Morgan fingerprint density at radius 1 is 0.885 bits per heavy atom. The van der Waals surface area contributed by atoms with Gasteiger partial charge in [-0.05, 0) is 29.0 Å². The molecule has 2 aromatic carbocycles. The summed E-state index contributed by atoms with van der Waals surface area (Å²) in [5.41, 5.74) is 3.29. The number of hydrogen-bond acceptors (Lipinski definition) is 2. The Hall–Kier alpha value is -1.39. The Bertz CT molecular complexity index is 637. The molecular weight excluding hydrogens is 346 g/mol.